The second kappa shape index (κ2) is 6.86. The van der Waals surface area contributed by atoms with Crippen molar-refractivity contribution in [3.8, 4) is 0 Å². The van der Waals surface area contributed by atoms with E-state index in [0.29, 0.717) is 6.61 Å². The lowest BCUT2D eigenvalue weighted by molar-refractivity contribution is -0.117. The largest absolute Gasteiger partial charge is 0.383 e. The van der Waals surface area contributed by atoms with Gasteiger partial charge < -0.3 is 10.1 Å². The molecule has 0 heterocycles. The lowest BCUT2D eigenvalue weighted by atomic mass is 10.1. The van der Waals surface area contributed by atoms with Gasteiger partial charge in [0.25, 0.3) is 0 Å². The zero-order valence-corrected chi connectivity index (χ0v) is 10.6. The maximum Gasteiger partial charge on any atom is 0.244 e. The Kier molecular flexibility index (Phi) is 5.43. The van der Waals surface area contributed by atoms with E-state index < -0.39 is 0 Å². The molecular formula is C14H19NO2. The van der Waals surface area contributed by atoms with Crippen LogP contribution >= 0.6 is 0 Å². The second-order valence-corrected chi connectivity index (χ2v) is 4.11. The molecule has 0 radical (unpaired) electrons. The third kappa shape index (κ3) is 5.31. The van der Waals surface area contributed by atoms with E-state index in [2.05, 4.69) is 5.32 Å². The van der Waals surface area contributed by atoms with Crippen molar-refractivity contribution in [1.82, 2.24) is 5.32 Å². The van der Waals surface area contributed by atoms with Crippen molar-refractivity contribution in [1.29, 1.82) is 0 Å². The van der Waals surface area contributed by atoms with E-state index in [1.165, 1.54) is 5.56 Å². The molecule has 0 bridgehead atoms. The van der Waals surface area contributed by atoms with Crippen LogP contribution in [0.25, 0.3) is 6.08 Å². The molecule has 1 rings (SSSR count). The monoisotopic (exact) mass is 233 g/mol. The maximum absolute atomic E-state index is 11.5. The highest BCUT2D eigenvalue weighted by Gasteiger charge is 2.02. The third-order valence-corrected chi connectivity index (χ3v) is 2.27. The molecule has 0 aromatic heterocycles. The third-order valence-electron chi connectivity index (χ3n) is 2.27. The second-order valence-electron chi connectivity index (χ2n) is 4.11. The SMILES string of the molecule is COCC(C)NC(=O)/C=C/c1cccc(C)c1. The fraction of sp³-hybridized carbons (Fsp3) is 0.357. The molecule has 92 valence electrons. The Balaban J connectivity index is 2.51. The first kappa shape index (κ1) is 13.5. The number of amides is 1. The molecule has 0 spiro atoms. The highest BCUT2D eigenvalue weighted by molar-refractivity contribution is 5.91. The molecule has 1 aromatic carbocycles. The van der Waals surface area contributed by atoms with Gasteiger partial charge in [0.05, 0.1) is 6.61 Å². The first-order valence-electron chi connectivity index (χ1n) is 5.66. The summed E-state index contributed by atoms with van der Waals surface area (Å²) in [5.41, 5.74) is 2.21. The predicted molar refractivity (Wildman–Crippen MR) is 69.7 cm³/mol. The van der Waals surface area contributed by atoms with Gasteiger partial charge in [-0.15, -0.1) is 0 Å². The quantitative estimate of drug-likeness (QED) is 0.791. The zero-order valence-electron chi connectivity index (χ0n) is 10.6. The summed E-state index contributed by atoms with van der Waals surface area (Å²) in [7, 11) is 1.62. The van der Waals surface area contributed by atoms with Gasteiger partial charge in [0, 0.05) is 19.2 Å². The van der Waals surface area contributed by atoms with Crippen molar-refractivity contribution in [3.05, 3.63) is 41.5 Å². The van der Waals surface area contributed by atoms with Crippen LogP contribution in [0, 0.1) is 6.92 Å². The van der Waals surface area contributed by atoms with Crippen molar-refractivity contribution < 1.29 is 9.53 Å². The first-order chi connectivity index (χ1) is 8.11. The number of aryl methyl sites for hydroxylation is 1. The van der Waals surface area contributed by atoms with Crippen molar-refractivity contribution in [3.63, 3.8) is 0 Å². The van der Waals surface area contributed by atoms with E-state index in [0.717, 1.165) is 5.56 Å². The van der Waals surface area contributed by atoms with Crippen LogP contribution < -0.4 is 5.32 Å². The van der Waals surface area contributed by atoms with Crippen LogP contribution in [0.2, 0.25) is 0 Å². The van der Waals surface area contributed by atoms with Crippen molar-refractivity contribution >= 4 is 12.0 Å². The lowest BCUT2D eigenvalue weighted by Crippen LogP contribution is -2.34. The maximum atomic E-state index is 11.5. The van der Waals surface area contributed by atoms with Gasteiger partial charge in [0.15, 0.2) is 0 Å². The van der Waals surface area contributed by atoms with Crippen LogP contribution in [0.4, 0.5) is 0 Å². The lowest BCUT2D eigenvalue weighted by Gasteiger charge is -2.10. The van der Waals surface area contributed by atoms with Crippen molar-refractivity contribution in [2.75, 3.05) is 13.7 Å². The fourth-order valence-electron chi connectivity index (χ4n) is 1.53. The highest BCUT2D eigenvalue weighted by atomic mass is 16.5. The van der Waals surface area contributed by atoms with E-state index >= 15 is 0 Å². The van der Waals surface area contributed by atoms with Gasteiger partial charge in [-0.05, 0) is 25.5 Å². The van der Waals surface area contributed by atoms with Crippen LogP contribution in [0.1, 0.15) is 18.1 Å². The number of ether oxygens (including phenoxy) is 1. The topological polar surface area (TPSA) is 38.3 Å². The summed E-state index contributed by atoms with van der Waals surface area (Å²) in [6.07, 6.45) is 3.35. The summed E-state index contributed by atoms with van der Waals surface area (Å²) in [4.78, 5) is 11.5. The van der Waals surface area contributed by atoms with Crippen LogP contribution in [0.5, 0.6) is 0 Å². The molecule has 1 atom stereocenters. The Morgan fingerprint density at radius 3 is 2.94 bits per heavy atom. The predicted octanol–water partition coefficient (Wildman–Crippen LogP) is 2.16. The minimum atomic E-state index is -0.101. The van der Waals surface area contributed by atoms with Crippen LogP contribution in [0.3, 0.4) is 0 Å². The molecule has 0 saturated heterocycles. The summed E-state index contributed by atoms with van der Waals surface area (Å²) < 4.78 is 4.94. The molecular weight excluding hydrogens is 214 g/mol. The van der Waals surface area contributed by atoms with Gasteiger partial charge >= 0.3 is 0 Å². The van der Waals surface area contributed by atoms with Gasteiger partial charge in [0.2, 0.25) is 5.91 Å². The Hall–Kier alpha value is -1.61. The Morgan fingerprint density at radius 1 is 1.53 bits per heavy atom. The number of rotatable bonds is 5. The molecule has 0 saturated carbocycles. The van der Waals surface area contributed by atoms with Crippen LogP contribution in [-0.2, 0) is 9.53 Å². The average molecular weight is 233 g/mol. The summed E-state index contributed by atoms with van der Waals surface area (Å²) in [6.45, 7) is 4.45. The number of carbonyl (C=O) groups is 1. The van der Waals surface area contributed by atoms with E-state index in [4.69, 9.17) is 4.74 Å². The number of nitrogens with one attached hydrogen (secondary N) is 1. The van der Waals surface area contributed by atoms with E-state index in [-0.39, 0.29) is 11.9 Å². The smallest absolute Gasteiger partial charge is 0.244 e. The Morgan fingerprint density at radius 2 is 2.29 bits per heavy atom. The molecule has 17 heavy (non-hydrogen) atoms. The fourth-order valence-corrected chi connectivity index (χ4v) is 1.53. The molecule has 1 N–H and O–H groups in total. The number of hydrogen-bond donors (Lipinski definition) is 1. The molecule has 1 unspecified atom stereocenters. The molecule has 3 heteroatoms. The number of hydrogen-bond acceptors (Lipinski definition) is 2. The molecule has 1 aromatic rings. The van der Waals surface area contributed by atoms with Crippen LogP contribution in [0.15, 0.2) is 30.3 Å². The molecule has 0 aliphatic heterocycles. The molecule has 1 amide bonds. The number of benzene rings is 1. The normalized spacial score (nSPS) is 12.6. The van der Waals surface area contributed by atoms with Crippen LogP contribution in [-0.4, -0.2) is 25.7 Å². The van der Waals surface area contributed by atoms with Gasteiger partial charge in [-0.3, -0.25) is 4.79 Å². The molecule has 3 nitrogen and oxygen atoms in total. The van der Waals surface area contributed by atoms with Crippen molar-refractivity contribution in [2.45, 2.75) is 19.9 Å². The number of methoxy groups -OCH3 is 1. The summed E-state index contributed by atoms with van der Waals surface area (Å²) in [5, 5.41) is 2.81. The molecule has 0 aliphatic rings. The summed E-state index contributed by atoms with van der Waals surface area (Å²) in [5.74, 6) is -0.101. The Labute approximate surface area is 102 Å². The zero-order chi connectivity index (χ0) is 12.7. The summed E-state index contributed by atoms with van der Waals surface area (Å²) in [6, 6.07) is 8.02. The first-order valence-corrected chi connectivity index (χ1v) is 5.66. The van der Waals surface area contributed by atoms with E-state index in [1.54, 1.807) is 13.2 Å². The van der Waals surface area contributed by atoms with Gasteiger partial charge in [-0.25, -0.2) is 0 Å². The van der Waals surface area contributed by atoms with E-state index in [1.807, 2.05) is 44.2 Å². The summed E-state index contributed by atoms with van der Waals surface area (Å²) >= 11 is 0. The van der Waals surface area contributed by atoms with Gasteiger partial charge in [0.1, 0.15) is 0 Å². The minimum absolute atomic E-state index is 0.0228. The highest BCUT2D eigenvalue weighted by Crippen LogP contribution is 2.05. The standard InChI is InChI=1S/C14H19NO2/c1-11-5-4-6-13(9-11)7-8-14(16)15-12(2)10-17-3/h4-9,12H,10H2,1-3H3,(H,15,16)/b8-7+. The Bertz CT molecular complexity index is 399. The molecule has 0 fully saturated rings. The minimum Gasteiger partial charge on any atom is -0.383 e. The van der Waals surface area contributed by atoms with E-state index in [9.17, 15) is 4.79 Å². The van der Waals surface area contributed by atoms with Crippen molar-refractivity contribution in [2.24, 2.45) is 0 Å². The molecule has 0 aliphatic carbocycles. The van der Waals surface area contributed by atoms with Gasteiger partial charge in [-0.1, -0.05) is 29.8 Å². The average Bonchev–Trinajstić information content (AvgIpc) is 2.27. The van der Waals surface area contributed by atoms with Gasteiger partial charge in [-0.2, -0.15) is 0 Å². The number of carbonyl (C=O) groups excluding carboxylic acids is 1.